The molecule has 0 aliphatic heterocycles. The molecule has 3 aromatic carbocycles. The number of halogens is 15. The molecule has 0 amide bonds. The standard InChI is InChI=1S/C18HF15Ge/c19-1-4(22)10(28)16(11(29)5(1)23)34(17-12(30)6(24)2(20)7(25)13(17)31)18-14(32)8(26)3(21)9(27)15(18)33/h34H. The molecule has 16 heteroatoms. The van der Waals surface area contributed by atoms with E-state index in [1.807, 2.05) is 0 Å². The molecule has 0 aliphatic rings. The molecule has 0 atom stereocenters. The van der Waals surface area contributed by atoms with Crippen molar-refractivity contribution in [3.8, 4) is 0 Å². The predicted octanol–water partition coefficient (Wildman–Crippen LogP) is 4.02. The normalized spacial score (nSPS) is 11.6. The van der Waals surface area contributed by atoms with Crippen molar-refractivity contribution in [2.24, 2.45) is 0 Å². The second kappa shape index (κ2) is 8.74. The molecule has 0 unspecified atom stereocenters. The monoisotopic (exact) mass is 576 g/mol. The van der Waals surface area contributed by atoms with E-state index in [-0.39, 0.29) is 0 Å². The average molecular weight is 575 g/mol. The van der Waals surface area contributed by atoms with E-state index in [0.29, 0.717) is 0 Å². The van der Waals surface area contributed by atoms with Crippen molar-refractivity contribution in [1.82, 2.24) is 0 Å². The molecular formula is C18HF15Ge. The van der Waals surface area contributed by atoms with Crippen LogP contribution >= 0.6 is 0 Å². The summed E-state index contributed by atoms with van der Waals surface area (Å²) in [5.41, 5.74) is 0. The van der Waals surface area contributed by atoms with Gasteiger partial charge >= 0.3 is 181 Å². The SMILES string of the molecule is Fc1c(F)c(F)[c]([GeH]([c]2c(F)c(F)c(F)c(F)c2F)[c]2c(F)c(F)c(F)c(F)c2F)c(F)c1F. The van der Waals surface area contributed by atoms with E-state index in [1.165, 1.54) is 0 Å². The van der Waals surface area contributed by atoms with Crippen molar-refractivity contribution < 1.29 is 65.9 Å². The molecule has 0 bridgehead atoms. The van der Waals surface area contributed by atoms with Crippen LogP contribution in [0.4, 0.5) is 65.9 Å². The number of rotatable bonds is 3. The van der Waals surface area contributed by atoms with Crippen LogP contribution in [0.1, 0.15) is 0 Å². The minimum atomic E-state index is -6.67. The summed E-state index contributed by atoms with van der Waals surface area (Å²) in [6.45, 7) is 0. The van der Waals surface area contributed by atoms with E-state index < -0.39 is 115 Å². The first-order chi connectivity index (χ1) is 15.7. The Hall–Kier alpha value is -2.85. The van der Waals surface area contributed by atoms with Crippen LogP contribution in [0.3, 0.4) is 0 Å². The summed E-state index contributed by atoms with van der Waals surface area (Å²) < 4.78 is 202. The van der Waals surface area contributed by atoms with E-state index in [9.17, 15) is 65.9 Å². The molecule has 0 heterocycles. The molecule has 0 spiro atoms. The van der Waals surface area contributed by atoms with E-state index >= 15 is 0 Å². The van der Waals surface area contributed by atoms with Gasteiger partial charge in [-0.25, -0.2) is 0 Å². The third-order valence-corrected chi connectivity index (χ3v) is 11.4. The fourth-order valence-electron chi connectivity index (χ4n) is 3.06. The molecule has 0 saturated carbocycles. The summed E-state index contributed by atoms with van der Waals surface area (Å²) in [5.74, 6) is -44.4. The summed E-state index contributed by atoms with van der Waals surface area (Å²) >= 11 is -6.67. The Morgan fingerprint density at radius 3 is 0.471 bits per heavy atom. The fraction of sp³-hybridized carbons (Fsp3) is 0. The van der Waals surface area contributed by atoms with Crippen molar-refractivity contribution in [2.75, 3.05) is 0 Å². The molecule has 3 aromatic rings. The quantitative estimate of drug-likeness (QED) is 0.192. The molecule has 0 fully saturated rings. The molecule has 3 rings (SSSR count). The molecule has 0 radical (unpaired) electrons. The number of hydrogen-bond donors (Lipinski definition) is 0. The van der Waals surface area contributed by atoms with Gasteiger partial charge in [0.1, 0.15) is 0 Å². The zero-order valence-corrected chi connectivity index (χ0v) is 17.7. The Balaban J connectivity index is 2.68. The summed E-state index contributed by atoms with van der Waals surface area (Å²) in [6, 6.07) is 0. The summed E-state index contributed by atoms with van der Waals surface area (Å²) in [7, 11) is 0. The summed E-state index contributed by atoms with van der Waals surface area (Å²) in [5, 5.41) is 0. The van der Waals surface area contributed by atoms with Crippen molar-refractivity contribution in [2.45, 2.75) is 0 Å². The Labute approximate surface area is 181 Å². The Morgan fingerprint density at radius 2 is 0.324 bits per heavy atom. The van der Waals surface area contributed by atoms with Crippen LogP contribution in [0.5, 0.6) is 0 Å². The van der Waals surface area contributed by atoms with Crippen LogP contribution < -0.4 is 13.2 Å². The van der Waals surface area contributed by atoms with Gasteiger partial charge in [0.25, 0.3) is 0 Å². The van der Waals surface area contributed by atoms with Crippen molar-refractivity contribution >= 4 is 27.5 Å². The maximum absolute atomic E-state index is 14.4. The predicted molar refractivity (Wildman–Crippen MR) is 84.7 cm³/mol. The van der Waals surface area contributed by atoms with Crippen LogP contribution in [0.15, 0.2) is 0 Å². The third kappa shape index (κ3) is 3.51. The van der Waals surface area contributed by atoms with Gasteiger partial charge in [-0.3, -0.25) is 0 Å². The van der Waals surface area contributed by atoms with Gasteiger partial charge < -0.3 is 0 Å². The zero-order chi connectivity index (χ0) is 26.0. The van der Waals surface area contributed by atoms with Crippen molar-refractivity contribution in [3.05, 3.63) is 87.3 Å². The first kappa shape index (κ1) is 25.8. The molecule has 0 aromatic heterocycles. The van der Waals surface area contributed by atoms with Gasteiger partial charge in [-0.15, -0.1) is 0 Å². The maximum atomic E-state index is 14.4. The van der Waals surface area contributed by atoms with E-state index in [0.717, 1.165) is 0 Å². The van der Waals surface area contributed by atoms with E-state index in [4.69, 9.17) is 0 Å². The summed E-state index contributed by atoms with van der Waals surface area (Å²) in [4.78, 5) is 0. The Kier molecular flexibility index (Phi) is 6.62. The number of benzene rings is 3. The first-order valence-electron chi connectivity index (χ1n) is 8.20. The van der Waals surface area contributed by atoms with Gasteiger partial charge in [-0.2, -0.15) is 0 Å². The molecule has 0 aliphatic carbocycles. The van der Waals surface area contributed by atoms with Crippen LogP contribution in [0.2, 0.25) is 0 Å². The van der Waals surface area contributed by atoms with Gasteiger partial charge in [-0.05, 0) is 0 Å². The molecular weight excluding hydrogens is 574 g/mol. The van der Waals surface area contributed by atoms with Gasteiger partial charge in [0.2, 0.25) is 0 Å². The van der Waals surface area contributed by atoms with Crippen LogP contribution in [0.25, 0.3) is 0 Å². The third-order valence-electron chi connectivity index (χ3n) is 4.60. The first-order valence-corrected chi connectivity index (χ1v) is 11.8. The Bertz CT molecular complexity index is 1110. The van der Waals surface area contributed by atoms with E-state index in [2.05, 4.69) is 0 Å². The van der Waals surface area contributed by atoms with Crippen LogP contribution in [-0.2, 0) is 0 Å². The fourth-order valence-corrected chi connectivity index (χ4v) is 9.66. The zero-order valence-electron chi connectivity index (χ0n) is 15.2. The minimum absolute atomic E-state index is 2.49. The average Bonchev–Trinajstić information content (AvgIpc) is 2.81. The number of hydrogen-bond acceptors (Lipinski definition) is 0. The van der Waals surface area contributed by atoms with Gasteiger partial charge in [-0.1, -0.05) is 0 Å². The van der Waals surface area contributed by atoms with Crippen LogP contribution in [-0.4, -0.2) is 14.3 Å². The molecule has 34 heavy (non-hydrogen) atoms. The molecule has 0 N–H and O–H groups in total. The molecule has 0 nitrogen and oxygen atoms in total. The molecule has 0 saturated heterocycles. The second-order valence-corrected chi connectivity index (χ2v) is 11.8. The topological polar surface area (TPSA) is 0 Å². The second-order valence-electron chi connectivity index (χ2n) is 6.38. The van der Waals surface area contributed by atoms with Crippen molar-refractivity contribution in [1.29, 1.82) is 0 Å². The molecule has 182 valence electrons. The van der Waals surface area contributed by atoms with Crippen molar-refractivity contribution in [3.63, 3.8) is 0 Å². The summed E-state index contributed by atoms with van der Waals surface area (Å²) in [6.07, 6.45) is 0. The van der Waals surface area contributed by atoms with E-state index in [1.54, 1.807) is 0 Å². The van der Waals surface area contributed by atoms with Gasteiger partial charge in [0.15, 0.2) is 0 Å². The van der Waals surface area contributed by atoms with Gasteiger partial charge in [0.05, 0.1) is 0 Å². The van der Waals surface area contributed by atoms with Crippen LogP contribution in [0, 0.1) is 87.3 Å². The van der Waals surface area contributed by atoms with Gasteiger partial charge in [0, 0.05) is 0 Å². The Morgan fingerprint density at radius 1 is 0.206 bits per heavy atom.